The fraction of sp³-hybridized carbons (Fsp3) is 0.263. The number of nitrogens with one attached hydrogen (secondary N) is 1. The van der Waals surface area contributed by atoms with E-state index in [0.29, 0.717) is 23.1 Å². The number of nitriles is 1. The van der Waals surface area contributed by atoms with E-state index >= 15 is 0 Å². The molecule has 122 valence electrons. The van der Waals surface area contributed by atoms with Gasteiger partial charge in [-0.25, -0.2) is 0 Å². The van der Waals surface area contributed by atoms with Gasteiger partial charge in [0.25, 0.3) is 5.91 Å². The average molecular weight is 322 g/mol. The molecule has 2 aromatic rings. The molecule has 1 aliphatic carbocycles. The molecule has 0 atom stereocenters. The Kier molecular flexibility index (Phi) is 4.66. The van der Waals surface area contributed by atoms with E-state index in [0.717, 1.165) is 24.0 Å². The van der Waals surface area contributed by atoms with Crippen molar-refractivity contribution in [1.82, 2.24) is 5.32 Å². The van der Waals surface area contributed by atoms with Crippen LogP contribution in [0, 0.1) is 11.3 Å². The first-order chi connectivity index (χ1) is 11.7. The third-order valence-electron chi connectivity index (χ3n) is 3.78. The van der Waals surface area contributed by atoms with Crippen molar-refractivity contribution in [3.63, 3.8) is 0 Å². The van der Waals surface area contributed by atoms with Crippen LogP contribution in [0.2, 0.25) is 0 Å². The molecule has 0 radical (unpaired) electrons. The molecule has 5 heteroatoms. The monoisotopic (exact) mass is 322 g/mol. The second-order valence-corrected chi connectivity index (χ2v) is 5.72. The number of rotatable bonds is 6. The molecule has 0 aliphatic heterocycles. The number of nitrogens with zero attached hydrogens (tertiary/aromatic N) is 1. The van der Waals surface area contributed by atoms with Crippen molar-refractivity contribution in [3.05, 3.63) is 48.0 Å². The van der Waals surface area contributed by atoms with E-state index in [1.807, 2.05) is 24.3 Å². The van der Waals surface area contributed by atoms with E-state index in [2.05, 4.69) is 11.4 Å². The van der Waals surface area contributed by atoms with Crippen LogP contribution < -0.4 is 14.8 Å². The third kappa shape index (κ3) is 4.05. The largest absolute Gasteiger partial charge is 0.497 e. The lowest BCUT2D eigenvalue weighted by atomic mass is 10.0. The summed E-state index contributed by atoms with van der Waals surface area (Å²) in [6.45, 7) is -0.0174. The molecule has 1 aliphatic rings. The Morgan fingerprint density at radius 2 is 1.88 bits per heavy atom. The van der Waals surface area contributed by atoms with E-state index in [1.165, 1.54) is 0 Å². The van der Waals surface area contributed by atoms with Crippen LogP contribution in [0.15, 0.2) is 42.5 Å². The van der Waals surface area contributed by atoms with Crippen molar-refractivity contribution in [3.8, 4) is 28.7 Å². The van der Waals surface area contributed by atoms with Gasteiger partial charge in [0, 0.05) is 12.1 Å². The predicted octanol–water partition coefficient (Wildman–Crippen LogP) is 2.89. The second kappa shape index (κ2) is 7.05. The molecule has 1 N–H and O–H groups in total. The van der Waals surface area contributed by atoms with Crippen molar-refractivity contribution < 1.29 is 14.3 Å². The Balaban J connectivity index is 1.76. The van der Waals surface area contributed by atoms with Gasteiger partial charge in [0.05, 0.1) is 18.7 Å². The first-order valence-corrected chi connectivity index (χ1v) is 7.80. The molecule has 1 saturated carbocycles. The van der Waals surface area contributed by atoms with E-state index in [1.54, 1.807) is 25.3 Å². The molecule has 0 unspecified atom stereocenters. The van der Waals surface area contributed by atoms with Crippen LogP contribution in [-0.2, 0) is 4.79 Å². The van der Waals surface area contributed by atoms with Gasteiger partial charge in [-0.2, -0.15) is 5.26 Å². The molecule has 1 amide bonds. The molecule has 0 spiro atoms. The van der Waals surface area contributed by atoms with Gasteiger partial charge in [0.1, 0.15) is 11.5 Å². The second-order valence-electron chi connectivity index (χ2n) is 5.72. The van der Waals surface area contributed by atoms with E-state index in [9.17, 15) is 4.79 Å². The molecular weight excluding hydrogens is 304 g/mol. The summed E-state index contributed by atoms with van der Waals surface area (Å²) in [7, 11) is 1.58. The van der Waals surface area contributed by atoms with Crippen LogP contribution in [0.3, 0.4) is 0 Å². The number of hydrogen-bond acceptors (Lipinski definition) is 4. The molecular formula is C19H18N2O3. The Labute approximate surface area is 140 Å². The van der Waals surface area contributed by atoms with Crippen molar-refractivity contribution >= 4 is 5.91 Å². The molecule has 2 aromatic carbocycles. The minimum absolute atomic E-state index is 0.0174. The standard InChI is InChI=1S/C19H18N2O3/c1-23-17-8-15(14-4-2-13(11-20)3-5-14)9-18(10-17)24-12-19(22)21-16-6-7-16/h2-5,8-10,16H,6-7,12H2,1H3,(H,21,22). The van der Waals surface area contributed by atoms with Crippen LogP contribution in [-0.4, -0.2) is 25.7 Å². The highest BCUT2D eigenvalue weighted by atomic mass is 16.5. The Morgan fingerprint density at radius 3 is 2.50 bits per heavy atom. The molecule has 5 nitrogen and oxygen atoms in total. The van der Waals surface area contributed by atoms with Crippen LogP contribution in [0.5, 0.6) is 11.5 Å². The van der Waals surface area contributed by atoms with Crippen molar-refractivity contribution in [2.45, 2.75) is 18.9 Å². The molecule has 1 fully saturated rings. The summed E-state index contributed by atoms with van der Waals surface area (Å²) < 4.78 is 10.9. The lowest BCUT2D eigenvalue weighted by molar-refractivity contribution is -0.123. The zero-order valence-corrected chi connectivity index (χ0v) is 13.4. The van der Waals surface area contributed by atoms with Crippen LogP contribution in [0.25, 0.3) is 11.1 Å². The number of benzene rings is 2. The maximum absolute atomic E-state index is 11.7. The van der Waals surface area contributed by atoms with Crippen molar-refractivity contribution in [2.75, 3.05) is 13.7 Å². The Morgan fingerprint density at radius 1 is 1.17 bits per heavy atom. The van der Waals surface area contributed by atoms with Crippen LogP contribution in [0.1, 0.15) is 18.4 Å². The van der Waals surface area contributed by atoms with Gasteiger partial charge in [0.2, 0.25) is 0 Å². The van der Waals surface area contributed by atoms with Gasteiger partial charge in [0.15, 0.2) is 6.61 Å². The number of amides is 1. The fourth-order valence-electron chi connectivity index (χ4n) is 2.32. The van der Waals surface area contributed by atoms with Gasteiger partial charge in [-0.05, 0) is 48.2 Å². The normalized spacial score (nSPS) is 13.0. The third-order valence-corrected chi connectivity index (χ3v) is 3.78. The number of ether oxygens (including phenoxy) is 2. The maximum Gasteiger partial charge on any atom is 0.258 e. The van der Waals surface area contributed by atoms with Crippen molar-refractivity contribution in [1.29, 1.82) is 5.26 Å². The number of carbonyl (C=O) groups excluding carboxylic acids is 1. The fourth-order valence-corrected chi connectivity index (χ4v) is 2.32. The summed E-state index contributed by atoms with van der Waals surface area (Å²) in [5.74, 6) is 1.11. The topological polar surface area (TPSA) is 71.3 Å². The van der Waals surface area contributed by atoms with E-state index < -0.39 is 0 Å². The highest BCUT2D eigenvalue weighted by molar-refractivity contribution is 5.78. The first kappa shape index (κ1) is 15.9. The highest BCUT2D eigenvalue weighted by Crippen LogP contribution is 2.30. The predicted molar refractivity (Wildman–Crippen MR) is 89.8 cm³/mol. The maximum atomic E-state index is 11.7. The average Bonchev–Trinajstić information content (AvgIpc) is 3.43. The van der Waals surface area contributed by atoms with Gasteiger partial charge in [-0.1, -0.05) is 12.1 Å². The zero-order valence-electron chi connectivity index (χ0n) is 13.4. The van der Waals surface area contributed by atoms with Crippen molar-refractivity contribution in [2.24, 2.45) is 0 Å². The summed E-state index contributed by atoms with van der Waals surface area (Å²) in [5.41, 5.74) is 2.45. The highest BCUT2D eigenvalue weighted by Gasteiger charge is 2.23. The summed E-state index contributed by atoms with van der Waals surface area (Å²) in [4.78, 5) is 11.7. The van der Waals surface area contributed by atoms with Crippen LogP contribution in [0.4, 0.5) is 0 Å². The smallest absolute Gasteiger partial charge is 0.258 e. The van der Waals surface area contributed by atoms with Crippen LogP contribution >= 0.6 is 0 Å². The molecule has 3 rings (SSSR count). The molecule has 0 saturated heterocycles. The summed E-state index contributed by atoms with van der Waals surface area (Å²) in [6.07, 6.45) is 2.10. The molecule has 0 bridgehead atoms. The number of methoxy groups -OCH3 is 1. The number of hydrogen-bond donors (Lipinski definition) is 1. The van der Waals surface area contributed by atoms with Gasteiger partial charge in [-0.15, -0.1) is 0 Å². The van der Waals surface area contributed by atoms with E-state index in [-0.39, 0.29) is 12.5 Å². The summed E-state index contributed by atoms with van der Waals surface area (Å²) in [5, 5.41) is 11.8. The minimum Gasteiger partial charge on any atom is -0.497 e. The van der Waals surface area contributed by atoms with Gasteiger partial charge < -0.3 is 14.8 Å². The first-order valence-electron chi connectivity index (χ1n) is 7.80. The lowest BCUT2D eigenvalue weighted by Gasteiger charge is -2.11. The van der Waals surface area contributed by atoms with Gasteiger partial charge >= 0.3 is 0 Å². The Hall–Kier alpha value is -3.00. The quantitative estimate of drug-likeness (QED) is 0.887. The molecule has 24 heavy (non-hydrogen) atoms. The van der Waals surface area contributed by atoms with E-state index in [4.69, 9.17) is 14.7 Å². The zero-order chi connectivity index (χ0) is 16.9. The lowest BCUT2D eigenvalue weighted by Crippen LogP contribution is -2.30. The van der Waals surface area contributed by atoms with Gasteiger partial charge in [-0.3, -0.25) is 4.79 Å². The SMILES string of the molecule is COc1cc(OCC(=O)NC2CC2)cc(-c2ccc(C#N)cc2)c1. The minimum atomic E-state index is -0.111. The Bertz CT molecular complexity index is 774. The summed E-state index contributed by atoms with van der Waals surface area (Å²) in [6, 6.07) is 15.2. The summed E-state index contributed by atoms with van der Waals surface area (Å²) >= 11 is 0. The molecule has 0 aromatic heterocycles. The molecule has 0 heterocycles. The number of carbonyl (C=O) groups is 1.